The fraction of sp³-hybridized carbons (Fsp3) is 0.886. The van der Waals surface area contributed by atoms with Gasteiger partial charge in [-0.05, 0) is 124 Å². The third-order valence-corrected chi connectivity index (χ3v) is 16.6. The average molecular weight is 935 g/mol. The summed E-state index contributed by atoms with van der Waals surface area (Å²) < 4.78 is 150. The zero-order chi connectivity index (χ0) is 48.2. The third-order valence-electron chi connectivity index (χ3n) is 16.6. The molecule has 64 heavy (non-hydrogen) atoms. The molecule has 0 radical (unpaired) electrons. The summed E-state index contributed by atoms with van der Waals surface area (Å²) in [6.07, 6.45) is -23.1. The van der Waals surface area contributed by atoms with Crippen LogP contribution >= 0.6 is 0 Å². The lowest BCUT2D eigenvalue weighted by atomic mass is 9.49. The number of alkyl halides is 9. The van der Waals surface area contributed by atoms with E-state index in [1.54, 1.807) is 20.8 Å². The minimum atomic E-state index is -6.47. The van der Waals surface area contributed by atoms with Crippen molar-refractivity contribution >= 4 is 29.7 Å². The minimum Gasteiger partial charge on any atom is -0.465 e. The molecule has 6 rings (SSSR count). The van der Waals surface area contributed by atoms with Crippen LogP contribution in [0.2, 0.25) is 0 Å². The van der Waals surface area contributed by atoms with Gasteiger partial charge in [-0.25, -0.2) is 0 Å². The highest BCUT2D eigenvalue weighted by Gasteiger charge is 2.76. The summed E-state index contributed by atoms with van der Waals surface area (Å²) >= 11 is 0. The van der Waals surface area contributed by atoms with Crippen LogP contribution in [0.25, 0.3) is 0 Å². The molecule has 4 aliphatic carbocycles. The third kappa shape index (κ3) is 8.00. The Balaban J connectivity index is 1.38. The van der Waals surface area contributed by atoms with Gasteiger partial charge in [-0.3, -0.25) is 24.0 Å². The van der Waals surface area contributed by atoms with Gasteiger partial charge in [0.2, 0.25) is 0 Å². The summed E-state index contributed by atoms with van der Waals surface area (Å²) in [6.45, 7) is 8.89. The van der Waals surface area contributed by atoms with Crippen LogP contribution in [0.5, 0.6) is 0 Å². The van der Waals surface area contributed by atoms with Crippen molar-refractivity contribution in [2.24, 2.45) is 57.2 Å². The van der Waals surface area contributed by atoms with E-state index in [9.17, 15) is 68.9 Å². The van der Waals surface area contributed by atoms with Crippen LogP contribution < -0.4 is 0 Å². The van der Waals surface area contributed by atoms with E-state index in [0.29, 0.717) is 25.7 Å². The lowest BCUT2D eigenvalue weighted by molar-refractivity contribution is -0.391. The van der Waals surface area contributed by atoms with Gasteiger partial charge >= 0.3 is 42.4 Å². The highest BCUT2D eigenvalue weighted by Crippen LogP contribution is 2.65. The Bertz CT molecular complexity index is 1860. The second-order valence-corrected chi connectivity index (χ2v) is 21.3. The highest BCUT2D eigenvalue weighted by molar-refractivity contribution is 5.97. The predicted molar refractivity (Wildman–Crippen MR) is 203 cm³/mol. The average Bonchev–Trinajstić information content (AvgIpc) is 3.99. The summed E-state index contributed by atoms with van der Waals surface area (Å²) in [7, 11) is 0. The summed E-state index contributed by atoms with van der Waals surface area (Å²) in [5.74, 6) is -11.4. The lowest BCUT2D eigenvalue weighted by Gasteiger charge is -2.50. The van der Waals surface area contributed by atoms with Gasteiger partial charge in [0.25, 0.3) is 5.60 Å². The Morgan fingerprint density at radius 1 is 0.781 bits per heavy atom. The van der Waals surface area contributed by atoms with Crippen LogP contribution in [-0.4, -0.2) is 94.0 Å². The van der Waals surface area contributed by atoms with E-state index in [-0.39, 0.29) is 44.6 Å². The normalized spacial score (nSPS) is 34.7. The zero-order valence-electron chi connectivity index (χ0n) is 37.0. The standard InChI is InChI=1S/C44H59F9O11/c1-8-36(4,33(57)64-37(5)11-9-10-12-37)21-38(6,30(54)28-22-15-26-27(16-22)31(55)63-29(26)28)40(13-14-61-34(40)58)20-35(2,3)32(56)62-25-18-23(39(7,59)42(45,46)47)17-24(19-25)41(60,43(48,49)50)44(51,52)53/h22-29,59-60H,8-21H2,1-7H3. The molecular formula is C44H59F9O11. The molecule has 12 unspecified atom stereocenters. The first-order valence-corrected chi connectivity index (χ1v) is 22.1. The van der Waals surface area contributed by atoms with E-state index in [1.165, 1.54) is 20.8 Å². The first kappa shape index (κ1) is 50.3. The van der Waals surface area contributed by atoms with Gasteiger partial charge in [-0.1, -0.05) is 13.8 Å². The number of fused-ring (bicyclic) bond motifs is 1. The number of esters is 4. The van der Waals surface area contributed by atoms with Gasteiger partial charge in [0, 0.05) is 23.2 Å². The maximum Gasteiger partial charge on any atom is 0.426 e. The molecule has 6 fully saturated rings. The molecule has 11 nitrogen and oxygen atoms in total. The van der Waals surface area contributed by atoms with E-state index in [2.05, 4.69) is 0 Å². The van der Waals surface area contributed by atoms with Crippen molar-refractivity contribution < 1.29 is 92.6 Å². The van der Waals surface area contributed by atoms with E-state index in [4.69, 9.17) is 18.9 Å². The van der Waals surface area contributed by atoms with Gasteiger partial charge < -0.3 is 29.2 Å². The quantitative estimate of drug-likeness (QED) is 0.0980. The second-order valence-electron chi connectivity index (χ2n) is 21.3. The molecule has 2 saturated heterocycles. The summed E-state index contributed by atoms with van der Waals surface area (Å²) in [6, 6.07) is 0. The highest BCUT2D eigenvalue weighted by atomic mass is 19.4. The fourth-order valence-corrected chi connectivity index (χ4v) is 12.4. The molecule has 0 aromatic carbocycles. The molecule has 12 atom stereocenters. The molecule has 20 heteroatoms. The molecule has 2 heterocycles. The number of Topliss-reactive ketones (excluding diaryl/α,β-unsaturated/α-hetero) is 1. The van der Waals surface area contributed by atoms with Gasteiger partial charge in [0.1, 0.15) is 23.6 Å². The largest absolute Gasteiger partial charge is 0.465 e. The Hall–Kier alpha value is -3.16. The van der Waals surface area contributed by atoms with Gasteiger partial charge in [-0.15, -0.1) is 0 Å². The van der Waals surface area contributed by atoms with E-state index in [1.807, 2.05) is 0 Å². The Morgan fingerprint density at radius 2 is 1.36 bits per heavy atom. The van der Waals surface area contributed by atoms with E-state index >= 15 is 4.79 Å². The SMILES string of the molecule is CCC(C)(CC(C)(C(=O)C1C2CC3C(=O)OC1C3C2)C1(CC(C)(C)C(=O)OC2CC(C(C)(O)C(F)(F)F)CC(C(O)(C(F)(F)F)C(F)(F)F)C2)CCOC1=O)C(=O)OC1(C)CCCC1. The van der Waals surface area contributed by atoms with Crippen LogP contribution in [0.4, 0.5) is 39.5 Å². The molecule has 0 aromatic rings. The smallest absolute Gasteiger partial charge is 0.426 e. The number of aliphatic hydroxyl groups is 2. The number of rotatable bonds is 14. The van der Waals surface area contributed by atoms with Crippen molar-refractivity contribution in [1.29, 1.82) is 0 Å². The number of hydrogen-bond acceptors (Lipinski definition) is 11. The first-order chi connectivity index (χ1) is 29.0. The molecule has 364 valence electrons. The van der Waals surface area contributed by atoms with Crippen molar-refractivity contribution in [1.82, 2.24) is 0 Å². The summed E-state index contributed by atoms with van der Waals surface area (Å²) in [5, 5.41) is 20.9. The van der Waals surface area contributed by atoms with Crippen LogP contribution in [0.15, 0.2) is 0 Å². The maximum absolute atomic E-state index is 15.6. The molecule has 2 N–H and O–H groups in total. The number of hydrogen-bond donors (Lipinski definition) is 2. The molecule has 2 aliphatic heterocycles. The summed E-state index contributed by atoms with van der Waals surface area (Å²) in [5.41, 5.74) is -17.7. The molecule has 0 aromatic heterocycles. The molecule has 0 spiro atoms. The van der Waals surface area contributed by atoms with Gasteiger partial charge in [0.05, 0.1) is 34.7 Å². The minimum absolute atomic E-state index is 0.104. The van der Waals surface area contributed by atoms with Crippen molar-refractivity contribution in [2.75, 3.05) is 6.61 Å². The second kappa shape index (κ2) is 16.0. The predicted octanol–water partition coefficient (Wildman–Crippen LogP) is 8.29. The number of carbonyl (C=O) groups is 5. The molecule has 4 saturated carbocycles. The van der Waals surface area contributed by atoms with Crippen LogP contribution in [-0.2, 0) is 42.9 Å². The maximum atomic E-state index is 15.6. The molecule has 2 bridgehead atoms. The number of cyclic esters (lactones) is 1. The Labute approximate surface area is 365 Å². The molecule has 0 amide bonds. The van der Waals surface area contributed by atoms with Crippen molar-refractivity contribution in [3.63, 3.8) is 0 Å². The lowest BCUT2D eigenvalue weighted by Crippen LogP contribution is -2.64. The van der Waals surface area contributed by atoms with Crippen molar-refractivity contribution in [2.45, 2.75) is 179 Å². The monoisotopic (exact) mass is 934 g/mol. The van der Waals surface area contributed by atoms with E-state index < -0.39 is 148 Å². The summed E-state index contributed by atoms with van der Waals surface area (Å²) in [4.78, 5) is 71.6. The van der Waals surface area contributed by atoms with E-state index in [0.717, 1.165) is 12.8 Å². The zero-order valence-corrected chi connectivity index (χ0v) is 37.0. The number of halogens is 9. The number of carbonyl (C=O) groups excluding carboxylic acids is 5. The topological polar surface area (TPSA) is 163 Å². The van der Waals surface area contributed by atoms with Crippen LogP contribution in [0.1, 0.15) is 132 Å². The number of ether oxygens (including phenoxy) is 4. The van der Waals surface area contributed by atoms with Crippen LogP contribution in [0.3, 0.4) is 0 Å². The van der Waals surface area contributed by atoms with Gasteiger partial charge in [-0.2, -0.15) is 39.5 Å². The van der Waals surface area contributed by atoms with Crippen molar-refractivity contribution in [3.05, 3.63) is 0 Å². The fourth-order valence-electron chi connectivity index (χ4n) is 12.4. The molecule has 6 aliphatic rings. The van der Waals surface area contributed by atoms with Crippen molar-refractivity contribution in [3.8, 4) is 0 Å². The number of ketones is 1. The Morgan fingerprint density at radius 3 is 1.88 bits per heavy atom. The molecular weight excluding hydrogens is 875 g/mol. The Kier molecular flexibility index (Phi) is 12.6. The van der Waals surface area contributed by atoms with Gasteiger partial charge in [0.15, 0.2) is 5.60 Å². The first-order valence-electron chi connectivity index (χ1n) is 22.1. The van der Waals surface area contributed by atoms with Crippen LogP contribution in [0, 0.1) is 57.2 Å².